The summed E-state index contributed by atoms with van der Waals surface area (Å²) in [5, 5.41) is 0. The molecule has 9 aromatic rings. The quantitative estimate of drug-likeness (QED) is 0.115. The van der Waals surface area contributed by atoms with Crippen molar-refractivity contribution in [1.29, 1.82) is 0 Å². The summed E-state index contributed by atoms with van der Waals surface area (Å²) in [6, 6.07) is 82.4. The summed E-state index contributed by atoms with van der Waals surface area (Å²) in [6.07, 6.45) is 1.90. The highest BCUT2D eigenvalue weighted by Crippen LogP contribution is 2.43. The maximum Gasteiger partial charge on any atom is 0.0467 e. The second kappa shape index (κ2) is 18.3. The summed E-state index contributed by atoms with van der Waals surface area (Å²) in [6.45, 7) is 10.5. The van der Waals surface area contributed by atoms with Crippen LogP contribution in [0, 0.1) is 20.8 Å². The molecule has 9 aromatic carbocycles. The molecule has 0 heterocycles. The lowest BCUT2D eigenvalue weighted by molar-refractivity contribution is 1.23. The molecule has 63 heavy (non-hydrogen) atoms. The smallest absolute Gasteiger partial charge is 0.0467 e. The fourth-order valence-electron chi connectivity index (χ4n) is 8.29. The van der Waals surface area contributed by atoms with E-state index in [0.29, 0.717) is 0 Å². The van der Waals surface area contributed by atoms with Crippen molar-refractivity contribution < 1.29 is 0 Å². The molecule has 0 bridgehead atoms. The average molecular weight is 815 g/mol. The molecular weight excluding hydrogens is 765 g/mol. The van der Waals surface area contributed by atoms with Gasteiger partial charge in [-0.3, -0.25) is 0 Å². The Morgan fingerprint density at radius 2 is 0.492 bits per heavy atom. The van der Waals surface area contributed by atoms with Gasteiger partial charge in [0.25, 0.3) is 0 Å². The second-order valence-corrected chi connectivity index (χ2v) is 15.9. The van der Waals surface area contributed by atoms with Gasteiger partial charge in [-0.15, -0.1) is 0 Å². The Labute approximate surface area is 372 Å². The first-order valence-electron chi connectivity index (χ1n) is 21.5. The SMILES string of the molecule is C=Cc1cccc(N(c2ccc(N(c3ccc(N(c4ccccc4)c4cccc(C)c4)cc3)c3ccc(N(c4ccccc4)c4cccc(C)c4)cc3)cc2)c2cccc(C)c2)c1. The van der Waals surface area contributed by atoms with E-state index in [1.165, 1.54) is 16.7 Å². The van der Waals surface area contributed by atoms with Gasteiger partial charge in [0.15, 0.2) is 0 Å². The maximum atomic E-state index is 4.05. The van der Waals surface area contributed by atoms with Crippen LogP contribution in [-0.2, 0) is 0 Å². The number of para-hydroxylation sites is 2. The Kier molecular flexibility index (Phi) is 11.7. The van der Waals surface area contributed by atoms with Gasteiger partial charge in [-0.2, -0.15) is 0 Å². The first-order chi connectivity index (χ1) is 30.9. The van der Waals surface area contributed by atoms with Crippen LogP contribution in [0.1, 0.15) is 22.3 Å². The van der Waals surface area contributed by atoms with Crippen LogP contribution in [0.5, 0.6) is 0 Å². The number of aryl methyl sites for hydroxylation is 3. The van der Waals surface area contributed by atoms with Crippen LogP contribution in [-0.4, -0.2) is 0 Å². The number of hydrogen-bond donors (Lipinski definition) is 0. The van der Waals surface area contributed by atoms with E-state index < -0.39 is 0 Å². The van der Waals surface area contributed by atoms with E-state index in [4.69, 9.17) is 0 Å². The zero-order valence-corrected chi connectivity index (χ0v) is 36.0. The molecule has 0 aliphatic heterocycles. The predicted octanol–water partition coefficient (Wildman–Crippen LogP) is 17.1. The van der Waals surface area contributed by atoms with E-state index in [1.54, 1.807) is 0 Å². The molecular formula is C59H50N4. The normalized spacial score (nSPS) is 10.8. The van der Waals surface area contributed by atoms with Gasteiger partial charge in [-0.25, -0.2) is 0 Å². The monoisotopic (exact) mass is 814 g/mol. The molecule has 0 aliphatic rings. The molecule has 0 aliphatic carbocycles. The lowest BCUT2D eigenvalue weighted by atomic mass is 10.1. The van der Waals surface area contributed by atoms with Crippen LogP contribution in [0.25, 0.3) is 6.08 Å². The molecule has 0 spiro atoms. The predicted molar refractivity (Wildman–Crippen MR) is 269 cm³/mol. The van der Waals surface area contributed by atoms with E-state index in [2.05, 4.69) is 277 Å². The van der Waals surface area contributed by atoms with Crippen molar-refractivity contribution in [3.63, 3.8) is 0 Å². The van der Waals surface area contributed by atoms with E-state index in [0.717, 1.165) is 73.8 Å². The van der Waals surface area contributed by atoms with Gasteiger partial charge in [0, 0.05) is 68.2 Å². The Balaban J connectivity index is 1.14. The number of hydrogen-bond acceptors (Lipinski definition) is 4. The van der Waals surface area contributed by atoms with Gasteiger partial charge in [0.1, 0.15) is 0 Å². The molecule has 9 rings (SSSR count). The molecule has 4 nitrogen and oxygen atoms in total. The van der Waals surface area contributed by atoms with Crippen molar-refractivity contribution >= 4 is 74.3 Å². The van der Waals surface area contributed by atoms with E-state index >= 15 is 0 Å². The molecule has 4 heteroatoms. The van der Waals surface area contributed by atoms with Crippen LogP contribution in [0.4, 0.5) is 68.2 Å². The lowest BCUT2D eigenvalue weighted by Crippen LogP contribution is -2.14. The fraction of sp³-hybridized carbons (Fsp3) is 0.0508. The highest BCUT2D eigenvalue weighted by molar-refractivity contribution is 5.85. The topological polar surface area (TPSA) is 13.0 Å². The highest BCUT2D eigenvalue weighted by atomic mass is 15.2. The Bertz CT molecular complexity index is 2810. The Morgan fingerprint density at radius 1 is 0.254 bits per heavy atom. The first-order valence-corrected chi connectivity index (χ1v) is 21.5. The molecule has 0 unspecified atom stereocenters. The summed E-state index contributed by atoms with van der Waals surface area (Å²) in [7, 11) is 0. The number of anilines is 12. The standard InChI is InChI=1S/C59H50N4/c1-5-47-19-15-27-59(43-47)63(58-26-14-18-46(4)42-58)55-38-32-52(33-39-55)60(50-28-34-53(35-29-50)61(48-20-8-6-9-21-48)56-24-12-16-44(2)40-56)51-30-36-54(37-31-51)62(49-22-10-7-11-23-49)57-25-13-17-45(3)41-57/h5-43H,1H2,2-4H3. The summed E-state index contributed by atoms with van der Waals surface area (Å²) < 4.78 is 0. The fourth-order valence-corrected chi connectivity index (χ4v) is 8.29. The van der Waals surface area contributed by atoms with Gasteiger partial charge in [0.2, 0.25) is 0 Å². The van der Waals surface area contributed by atoms with Gasteiger partial charge < -0.3 is 19.6 Å². The number of nitrogens with zero attached hydrogens (tertiary/aromatic N) is 4. The second-order valence-electron chi connectivity index (χ2n) is 15.9. The van der Waals surface area contributed by atoms with Crippen molar-refractivity contribution in [2.24, 2.45) is 0 Å². The van der Waals surface area contributed by atoms with Crippen molar-refractivity contribution in [1.82, 2.24) is 0 Å². The molecule has 306 valence electrons. The average Bonchev–Trinajstić information content (AvgIpc) is 3.32. The first kappa shape index (κ1) is 40.3. The van der Waals surface area contributed by atoms with Crippen molar-refractivity contribution in [3.8, 4) is 0 Å². The Hall–Kier alpha value is -8.08. The number of rotatable bonds is 13. The van der Waals surface area contributed by atoms with Gasteiger partial charge in [0.05, 0.1) is 0 Å². The molecule has 0 aromatic heterocycles. The largest absolute Gasteiger partial charge is 0.310 e. The Morgan fingerprint density at radius 3 is 0.794 bits per heavy atom. The van der Waals surface area contributed by atoms with E-state index in [-0.39, 0.29) is 0 Å². The van der Waals surface area contributed by atoms with Crippen molar-refractivity contribution in [3.05, 3.63) is 259 Å². The molecule has 0 atom stereocenters. The summed E-state index contributed by atoms with van der Waals surface area (Å²) in [5.41, 5.74) is 17.7. The minimum absolute atomic E-state index is 1.04. The third kappa shape index (κ3) is 8.88. The molecule has 0 saturated carbocycles. The number of benzene rings is 9. The van der Waals surface area contributed by atoms with Gasteiger partial charge in [-0.1, -0.05) is 97.6 Å². The summed E-state index contributed by atoms with van der Waals surface area (Å²) in [5.74, 6) is 0. The van der Waals surface area contributed by atoms with Crippen LogP contribution < -0.4 is 19.6 Å². The minimum Gasteiger partial charge on any atom is -0.310 e. The van der Waals surface area contributed by atoms with Gasteiger partial charge in [-0.05, 0) is 189 Å². The van der Waals surface area contributed by atoms with Crippen LogP contribution >= 0.6 is 0 Å². The minimum atomic E-state index is 1.04. The zero-order valence-electron chi connectivity index (χ0n) is 36.0. The van der Waals surface area contributed by atoms with Crippen molar-refractivity contribution in [2.75, 3.05) is 19.6 Å². The molecule has 0 amide bonds. The highest BCUT2D eigenvalue weighted by Gasteiger charge is 2.20. The molecule has 0 N–H and O–H groups in total. The third-order valence-electron chi connectivity index (χ3n) is 11.3. The van der Waals surface area contributed by atoms with E-state index in [9.17, 15) is 0 Å². The van der Waals surface area contributed by atoms with Gasteiger partial charge >= 0.3 is 0 Å². The van der Waals surface area contributed by atoms with E-state index in [1.807, 2.05) is 6.08 Å². The summed E-state index contributed by atoms with van der Waals surface area (Å²) >= 11 is 0. The van der Waals surface area contributed by atoms with Crippen LogP contribution in [0.15, 0.2) is 237 Å². The molecule has 0 fully saturated rings. The third-order valence-corrected chi connectivity index (χ3v) is 11.3. The van der Waals surface area contributed by atoms with Crippen LogP contribution in [0.3, 0.4) is 0 Å². The van der Waals surface area contributed by atoms with Crippen molar-refractivity contribution in [2.45, 2.75) is 20.8 Å². The lowest BCUT2D eigenvalue weighted by Gasteiger charge is -2.30. The summed E-state index contributed by atoms with van der Waals surface area (Å²) in [4.78, 5) is 9.28. The maximum absolute atomic E-state index is 4.05. The molecule has 0 radical (unpaired) electrons. The zero-order chi connectivity index (χ0) is 43.1. The molecule has 0 saturated heterocycles. The van der Waals surface area contributed by atoms with Crippen LogP contribution in [0.2, 0.25) is 0 Å².